The van der Waals surface area contributed by atoms with E-state index < -0.39 is 0 Å². The number of amides is 1. The summed E-state index contributed by atoms with van der Waals surface area (Å²) in [6.45, 7) is 4.44. The van der Waals surface area contributed by atoms with Gasteiger partial charge in [-0.3, -0.25) is 4.79 Å². The first kappa shape index (κ1) is 16.8. The fourth-order valence-electron chi connectivity index (χ4n) is 4.00. The van der Waals surface area contributed by atoms with Gasteiger partial charge in [-0.15, -0.1) is 11.3 Å². The highest BCUT2D eigenvalue weighted by Crippen LogP contribution is 2.37. The molecule has 1 amide bonds. The summed E-state index contributed by atoms with van der Waals surface area (Å²) in [5.41, 5.74) is 0.972. The third-order valence-corrected chi connectivity index (χ3v) is 6.58. The summed E-state index contributed by atoms with van der Waals surface area (Å²) in [6, 6.07) is 4.00. The molecule has 2 aliphatic rings. The molecule has 2 fully saturated rings. The van der Waals surface area contributed by atoms with Crippen LogP contribution in [0.3, 0.4) is 0 Å². The first-order valence-electron chi connectivity index (χ1n) is 9.41. The lowest BCUT2D eigenvalue weighted by Gasteiger charge is -2.36. The second kappa shape index (κ2) is 7.01. The van der Waals surface area contributed by atoms with Crippen molar-refractivity contribution in [3.8, 4) is 0 Å². The van der Waals surface area contributed by atoms with Gasteiger partial charge in [0.2, 0.25) is 5.91 Å². The maximum absolute atomic E-state index is 12.7. The predicted molar refractivity (Wildman–Crippen MR) is 105 cm³/mol. The molecule has 0 aliphatic carbocycles. The molecule has 2 saturated heterocycles. The van der Waals surface area contributed by atoms with E-state index in [0.717, 1.165) is 65.3 Å². The first-order valence-corrected chi connectivity index (χ1v) is 10.2. The van der Waals surface area contributed by atoms with Crippen LogP contribution in [-0.4, -0.2) is 65.2 Å². The second-order valence-electron chi connectivity index (χ2n) is 7.03. The van der Waals surface area contributed by atoms with E-state index in [9.17, 15) is 4.79 Å². The lowest BCUT2D eigenvalue weighted by Crippen LogP contribution is -2.46. The van der Waals surface area contributed by atoms with Crippen LogP contribution in [0.1, 0.15) is 12.8 Å². The second-order valence-corrected chi connectivity index (χ2v) is 8.03. The van der Waals surface area contributed by atoms with Crippen LogP contribution in [-0.2, 0) is 9.53 Å². The Morgan fingerprint density at radius 3 is 2.74 bits per heavy atom. The minimum atomic E-state index is 0.112. The molecular formula is C19H21N5O2S. The van der Waals surface area contributed by atoms with Crippen molar-refractivity contribution in [2.75, 3.05) is 44.3 Å². The van der Waals surface area contributed by atoms with Gasteiger partial charge in [0.25, 0.3) is 0 Å². The van der Waals surface area contributed by atoms with Crippen LogP contribution in [0.15, 0.2) is 24.7 Å². The zero-order valence-electron chi connectivity index (χ0n) is 15.0. The number of ether oxygens (including phenoxy) is 1. The van der Waals surface area contributed by atoms with Crippen LogP contribution in [0, 0.1) is 5.92 Å². The molecule has 8 heteroatoms. The zero-order chi connectivity index (χ0) is 18.2. The van der Waals surface area contributed by atoms with Gasteiger partial charge >= 0.3 is 0 Å². The Labute approximate surface area is 161 Å². The van der Waals surface area contributed by atoms with E-state index in [1.54, 1.807) is 17.7 Å². The smallest absolute Gasteiger partial charge is 0.225 e. The Bertz CT molecular complexity index is 977. The molecule has 0 saturated carbocycles. The minimum Gasteiger partial charge on any atom is -0.378 e. The van der Waals surface area contributed by atoms with Gasteiger partial charge in [0.05, 0.1) is 23.4 Å². The molecule has 2 aliphatic heterocycles. The van der Waals surface area contributed by atoms with Crippen LogP contribution < -0.4 is 4.90 Å². The number of carbonyl (C=O) groups is 1. The van der Waals surface area contributed by atoms with Gasteiger partial charge < -0.3 is 14.5 Å². The SMILES string of the molecule is O=C(C1CCN(c2ncnc3c2sc2ncccc23)CC1)N1CCOCC1. The normalized spacial score (nSPS) is 19.1. The van der Waals surface area contributed by atoms with Crippen LogP contribution >= 0.6 is 11.3 Å². The summed E-state index contributed by atoms with van der Waals surface area (Å²) < 4.78 is 6.44. The summed E-state index contributed by atoms with van der Waals surface area (Å²) in [5, 5.41) is 1.08. The van der Waals surface area contributed by atoms with Gasteiger partial charge in [0, 0.05) is 43.7 Å². The van der Waals surface area contributed by atoms with Crippen molar-refractivity contribution in [2.45, 2.75) is 12.8 Å². The van der Waals surface area contributed by atoms with E-state index >= 15 is 0 Å². The molecule has 0 atom stereocenters. The Morgan fingerprint density at radius 2 is 1.93 bits per heavy atom. The van der Waals surface area contributed by atoms with E-state index in [-0.39, 0.29) is 11.8 Å². The van der Waals surface area contributed by atoms with Gasteiger partial charge in [0.15, 0.2) is 0 Å². The van der Waals surface area contributed by atoms with Crippen LogP contribution in [0.5, 0.6) is 0 Å². The number of hydrogen-bond acceptors (Lipinski definition) is 7. The maximum Gasteiger partial charge on any atom is 0.225 e. The Balaban J connectivity index is 1.36. The lowest BCUT2D eigenvalue weighted by molar-refractivity contribution is -0.140. The van der Waals surface area contributed by atoms with Crippen molar-refractivity contribution in [2.24, 2.45) is 5.92 Å². The highest BCUT2D eigenvalue weighted by atomic mass is 32.1. The molecule has 3 aromatic heterocycles. The molecule has 0 bridgehead atoms. The van der Waals surface area contributed by atoms with Crippen molar-refractivity contribution >= 4 is 43.5 Å². The quantitative estimate of drug-likeness (QED) is 0.676. The van der Waals surface area contributed by atoms with E-state index in [4.69, 9.17) is 4.74 Å². The van der Waals surface area contributed by atoms with Crippen LogP contribution in [0.25, 0.3) is 20.4 Å². The number of thiophene rings is 1. The topological polar surface area (TPSA) is 71.5 Å². The standard InChI is InChI=1S/C19H21N5O2S/c25-19(24-8-10-26-11-9-24)13-3-6-23(7-4-13)17-16-15(21-12-22-17)14-2-1-5-20-18(14)27-16/h1-2,5,12-13H,3-4,6-11H2. The summed E-state index contributed by atoms with van der Waals surface area (Å²) in [7, 11) is 0. The molecule has 140 valence electrons. The molecule has 27 heavy (non-hydrogen) atoms. The number of pyridine rings is 1. The van der Waals surface area contributed by atoms with E-state index in [0.29, 0.717) is 13.2 Å². The average Bonchev–Trinajstić information content (AvgIpc) is 3.13. The molecular weight excluding hydrogens is 362 g/mol. The monoisotopic (exact) mass is 383 g/mol. The first-order chi connectivity index (χ1) is 13.3. The van der Waals surface area contributed by atoms with Crippen molar-refractivity contribution in [1.82, 2.24) is 19.9 Å². The van der Waals surface area contributed by atoms with Crippen molar-refractivity contribution in [3.05, 3.63) is 24.7 Å². The number of rotatable bonds is 2. The molecule has 0 aromatic carbocycles. The fraction of sp³-hybridized carbons (Fsp3) is 0.474. The minimum absolute atomic E-state index is 0.112. The maximum atomic E-state index is 12.7. The Hall–Kier alpha value is -2.32. The van der Waals surface area contributed by atoms with Gasteiger partial charge in [-0.05, 0) is 25.0 Å². The Kier molecular flexibility index (Phi) is 4.37. The molecule has 0 spiro atoms. The Morgan fingerprint density at radius 1 is 1.11 bits per heavy atom. The highest BCUT2D eigenvalue weighted by molar-refractivity contribution is 7.25. The lowest BCUT2D eigenvalue weighted by atomic mass is 9.95. The van der Waals surface area contributed by atoms with Gasteiger partial charge in [0.1, 0.15) is 17.0 Å². The summed E-state index contributed by atoms with van der Waals surface area (Å²) in [6.07, 6.45) is 5.19. The van der Waals surface area contributed by atoms with E-state index in [1.807, 2.05) is 17.2 Å². The molecule has 3 aromatic rings. The van der Waals surface area contributed by atoms with Crippen LogP contribution in [0.4, 0.5) is 5.82 Å². The largest absolute Gasteiger partial charge is 0.378 e. The van der Waals surface area contributed by atoms with Crippen LogP contribution in [0.2, 0.25) is 0 Å². The van der Waals surface area contributed by atoms with Crippen molar-refractivity contribution in [3.63, 3.8) is 0 Å². The number of carbonyl (C=O) groups excluding carboxylic acids is 1. The third-order valence-electron chi connectivity index (χ3n) is 5.48. The molecule has 5 heterocycles. The molecule has 7 nitrogen and oxygen atoms in total. The predicted octanol–water partition coefficient (Wildman–Crippen LogP) is 2.31. The van der Waals surface area contributed by atoms with E-state index in [2.05, 4.69) is 25.9 Å². The van der Waals surface area contributed by atoms with Gasteiger partial charge in [-0.2, -0.15) is 0 Å². The number of piperidine rings is 1. The van der Waals surface area contributed by atoms with Crippen molar-refractivity contribution in [1.29, 1.82) is 0 Å². The summed E-state index contributed by atoms with van der Waals surface area (Å²) in [4.78, 5) is 31.5. The number of fused-ring (bicyclic) bond motifs is 3. The van der Waals surface area contributed by atoms with Gasteiger partial charge in [-0.1, -0.05) is 0 Å². The number of morpholine rings is 1. The molecule has 0 radical (unpaired) electrons. The fourth-order valence-corrected chi connectivity index (χ4v) is 5.12. The molecule has 0 N–H and O–H groups in total. The number of aromatic nitrogens is 3. The third kappa shape index (κ3) is 3.02. The number of hydrogen-bond donors (Lipinski definition) is 0. The molecule has 0 unspecified atom stereocenters. The number of anilines is 1. The number of nitrogens with zero attached hydrogens (tertiary/aromatic N) is 5. The highest BCUT2D eigenvalue weighted by Gasteiger charge is 2.30. The van der Waals surface area contributed by atoms with E-state index in [1.165, 1.54) is 0 Å². The summed E-state index contributed by atoms with van der Waals surface area (Å²) >= 11 is 1.64. The zero-order valence-corrected chi connectivity index (χ0v) is 15.8. The van der Waals surface area contributed by atoms with Crippen molar-refractivity contribution < 1.29 is 9.53 Å². The summed E-state index contributed by atoms with van der Waals surface area (Å²) in [5.74, 6) is 1.37. The average molecular weight is 383 g/mol. The van der Waals surface area contributed by atoms with Gasteiger partial charge in [-0.25, -0.2) is 15.0 Å². The molecule has 5 rings (SSSR count).